The zero-order valence-electron chi connectivity index (χ0n) is 17.4. The van der Waals surface area contributed by atoms with Crippen LogP contribution in [0.1, 0.15) is 10.4 Å². The molecule has 1 saturated heterocycles. The Morgan fingerprint density at radius 3 is 2.61 bits per heavy atom. The third-order valence-electron chi connectivity index (χ3n) is 5.36. The smallest absolute Gasteiger partial charge is 0.270 e. The number of morpholine rings is 1. The Morgan fingerprint density at radius 1 is 1.06 bits per heavy atom. The number of non-ortho nitro benzene ring substituents is 1. The summed E-state index contributed by atoms with van der Waals surface area (Å²) in [6.07, 6.45) is 3.31. The molecule has 33 heavy (non-hydrogen) atoms. The molecule has 3 heterocycles. The molecule has 166 valence electrons. The van der Waals surface area contributed by atoms with Gasteiger partial charge in [0.25, 0.3) is 11.6 Å². The van der Waals surface area contributed by atoms with Crippen molar-refractivity contribution in [1.82, 2.24) is 9.97 Å². The van der Waals surface area contributed by atoms with Crippen molar-refractivity contribution < 1.29 is 18.9 Å². The number of pyridine rings is 1. The van der Waals surface area contributed by atoms with Crippen molar-refractivity contribution in [2.24, 2.45) is 0 Å². The third kappa shape index (κ3) is 4.23. The van der Waals surface area contributed by atoms with Crippen LogP contribution in [0.2, 0.25) is 0 Å². The number of nitrogens with zero attached hydrogens (tertiary/aromatic N) is 4. The van der Waals surface area contributed by atoms with E-state index in [1.807, 2.05) is 4.90 Å². The number of nitrogens with one attached hydrogen (secondary N) is 1. The SMILES string of the molecule is O=C(Nc1ccc2oc(-c3ccncc3)nc2c1)c1cc([N+](=O)[O-])ccc1N1CCOCC1. The standard InChI is InChI=1S/C23H19N5O5/c29-22(18-14-17(28(30)31)2-3-20(18)27-9-11-32-12-10-27)25-16-1-4-21-19(13-16)26-23(33-21)15-5-7-24-8-6-15/h1-8,13-14H,9-12H2,(H,25,29). The number of nitro benzene ring substituents is 1. The van der Waals surface area contributed by atoms with Gasteiger partial charge in [-0.1, -0.05) is 0 Å². The zero-order chi connectivity index (χ0) is 22.8. The zero-order valence-corrected chi connectivity index (χ0v) is 17.4. The normalized spacial score (nSPS) is 13.8. The summed E-state index contributed by atoms with van der Waals surface area (Å²) in [7, 11) is 0. The molecule has 2 aromatic carbocycles. The van der Waals surface area contributed by atoms with Crippen LogP contribution in [0.25, 0.3) is 22.6 Å². The van der Waals surface area contributed by atoms with Crippen LogP contribution in [0.15, 0.2) is 65.3 Å². The Balaban J connectivity index is 1.45. The van der Waals surface area contributed by atoms with Gasteiger partial charge in [0.1, 0.15) is 5.52 Å². The maximum absolute atomic E-state index is 13.2. The minimum absolute atomic E-state index is 0.147. The molecule has 0 saturated carbocycles. The van der Waals surface area contributed by atoms with Crippen LogP contribution < -0.4 is 10.2 Å². The predicted molar refractivity (Wildman–Crippen MR) is 121 cm³/mol. The monoisotopic (exact) mass is 445 g/mol. The van der Waals surface area contributed by atoms with Gasteiger partial charge in [-0.05, 0) is 36.4 Å². The molecule has 10 heteroatoms. The minimum atomic E-state index is -0.512. The van der Waals surface area contributed by atoms with Crippen LogP contribution in [0.5, 0.6) is 0 Å². The van der Waals surface area contributed by atoms with E-state index in [0.717, 1.165) is 5.56 Å². The summed E-state index contributed by atoms with van der Waals surface area (Å²) < 4.78 is 11.2. The van der Waals surface area contributed by atoms with Crippen LogP contribution in [0.4, 0.5) is 17.1 Å². The van der Waals surface area contributed by atoms with Crippen LogP contribution in [-0.2, 0) is 4.74 Å². The van der Waals surface area contributed by atoms with Gasteiger partial charge in [0.15, 0.2) is 5.58 Å². The predicted octanol–water partition coefficient (Wildman–Crippen LogP) is 3.89. The fourth-order valence-corrected chi connectivity index (χ4v) is 3.72. The molecule has 1 aliphatic heterocycles. The molecular weight excluding hydrogens is 426 g/mol. The van der Waals surface area contributed by atoms with Crippen LogP contribution in [0.3, 0.4) is 0 Å². The fourth-order valence-electron chi connectivity index (χ4n) is 3.72. The van der Waals surface area contributed by atoms with Gasteiger partial charge in [0, 0.05) is 48.9 Å². The summed E-state index contributed by atoms with van der Waals surface area (Å²) in [5.74, 6) is 0.00144. The maximum Gasteiger partial charge on any atom is 0.270 e. The summed E-state index contributed by atoms with van der Waals surface area (Å²) in [5.41, 5.74) is 3.15. The first-order valence-electron chi connectivity index (χ1n) is 10.3. The van der Waals surface area contributed by atoms with Crippen molar-refractivity contribution >= 4 is 34.1 Å². The molecule has 2 aromatic heterocycles. The fraction of sp³-hybridized carbons (Fsp3) is 0.174. The highest BCUT2D eigenvalue weighted by atomic mass is 16.6. The first-order valence-corrected chi connectivity index (χ1v) is 10.3. The van der Waals surface area contributed by atoms with E-state index in [1.54, 1.807) is 48.8 Å². The van der Waals surface area contributed by atoms with Gasteiger partial charge in [0.05, 0.1) is 29.4 Å². The van der Waals surface area contributed by atoms with Crippen LogP contribution >= 0.6 is 0 Å². The molecule has 0 radical (unpaired) electrons. The van der Waals surface area contributed by atoms with Crippen molar-refractivity contribution in [3.8, 4) is 11.5 Å². The average molecular weight is 445 g/mol. The third-order valence-corrected chi connectivity index (χ3v) is 5.36. The number of benzene rings is 2. The Kier molecular flexibility index (Phi) is 5.41. The van der Waals surface area contributed by atoms with Crippen LogP contribution in [-0.4, -0.2) is 47.1 Å². The second-order valence-corrected chi connectivity index (χ2v) is 7.45. The van der Waals surface area contributed by atoms with E-state index in [4.69, 9.17) is 9.15 Å². The number of rotatable bonds is 5. The second kappa shape index (κ2) is 8.67. The average Bonchev–Trinajstić information content (AvgIpc) is 3.28. The van der Waals surface area contributed by atoms with Crippen molar-refractivity contribution in [1.29, 1.82) is 0 Å². The van der Waals surface area contributed by atoms with Gasteiger partial charge in [-0.3, -0.25) is 19.9 Å². The van der Waals surface area contributed by atoms with Gasteiger partial charge in [-0.2, -0.15) is 0 Å². The number of aromatic nitrogens is 2. The topological polar surface area (TPSA) is 124 Å². The number of nitro groups is 1. The van der Waals surface area contributed by atoms with Crippen molar-refractivity contribution in [3.63, 3.8) is 0 Å². The first-order chi connectivity index (χ1) is 16.1. The minimum Gasteiger partial charge on any atom is -0.436 e. The number of amides is 1. The van der Waals surface area contributed by atoms with Gasteiger partial charge in [-0.25, -0.2) is 4.98 Å². The number of carbonyl (C=O) groups is 1. The molecule has 1 N–H and O–H groups in total. The van der Waals surface area contributed by atoms with Crippen LogP contribution in [0, 0.1) is 10.1 Å². The summed E-state index contributed by atoms with van der Waals surface area (Å²) in [4.78, 5) is 34.4. The van der Waals surface area contributed by atoms with Gasteiger partial charge < -0.3 is 19.4 Å². The van der Waals surface area contributed by atoms with E-state index in [1.165, 1.54) is 12.1 Å². The maximum atomic E-state index is 13.2. The number of ether oxygens (including phenoxy) is 1. The lowest BCUT2D eigenvalue weighted by Gasteiger charge is -2.30. The van der Waals surface area contributed by atoms with Gasteiger partial charge in [0.2, 0.25) is 5.89 Å². The summed E-state index contributed by atoms with van der Waals surface area (Å²) >= 11 is 0. The van der Waals surface area contributed by atoms with E-state index in [9.17, 15) is 14.9 Å². The highest BCUT2D eigenvalue weighted by Crippen LogP contribution is 2.29. The second-order valence-electron chi connectivity index (χ2n) is 7.45. The van der Waals surface area contributed by atoms with E-state index < -0.39 is 10.8 Å². The molecule has 5 rings (SSSR count). The lowest BCUT2D eigenvalue weighted by atomic mass is 10.1. The summed E-state index contributed by atoms with van der Waals surface area (Å²) in [5, 5.41) is 14.1. The van der Waals surface area contributed by atoms with E-state index >= 15 is 0 Å². The quantitative estimate of drug-likeness (QED) is 0.362. The van der Waals surface area contributed by atoms with E-state index in [2.05, 4.69) is 15.3 Å². The Morgan fingerprint density at radius 2 is 1.85 bits per heavy atom. The molecule has 0 spiro atoms. The Hall–Kier alpha value is -4.31. The first kappa shape index (κ1) is 20.6. The lowest BCUT2D eigenvalue weighted by molar-refractivity contribution is -0.384. The molecule has 0 atom stereocenters. The number of hydrogen-bond donors (Lipinski definition) is 1. The molecule has 1 aliphatic rings. The number of carbonyl (C=O) groups excluding carboxylic acids is 1. The molecule has 4 aromatic rings. The largest absolute Gasteiger partial charge is 0.436 e. The van der Waals surface area contributed by atoms with Gasteiger partial charge >= 0.3 is 0 Å². The molecule has 0 aliphatic carbocycles. The summed E-state index contributed by atoms with van der Waals surface area (Å²) in [6.45, 7) is 2.25. The Bertz CT molecular complexity index is 1330. The molecule has 10 nitrogen and oxygen atoms in total. The molecule has 1 fully saturated rings. The van der Waals surface area contributed by atoms with Crippen molar-refractivity contribution in [2.45, 2.75) is 0 Å². The highest BCUT2D eigenvalue weighted by Gasteiger charge is 2.22. The lowest BCUT2D eigenvalue weighted by Crippen LogP contribution is -2.37. The molecule has 0 bridgehead atoms. The molecular formula is C23H19N5O5. The Labute approximate surface area is 188 Å². The molecule has 1 amide bonds. The molecule has 0 unspecified atom stereocenters. The van der Waals surface area contributed by atoms with E-state index in [0.29, 0.717) is 54.7 Å². The number of hydrogen-bond acceptors (Lipinski definition) is 8. The highest BCUT2D eigenvalue weighted by molar-refractivity contribution is 6.09. The van der Waals surface area contributed by atoms with Crippen molar-refractivity contribution in [3.05, 3.63) is 76.6 Å². The van der Waals surface area contributed by atoms with E-state index in [-0.39, 0.29) is 11.3 Å². The number of oxazole rings is 1. The van der Waals surface area contributed by atoms with Gasteiger partial charge in [-0.15, -0.1) is 0 Å². The summed E-state index contributed by atoms with van der Waals surface area (Å²) in [6, 6.07) is 13.0. The number of anilines is 2. The number of fused-ring (bicyclic) bond motifs is 1. The van der Waals surface area contributed by atoms with Crippen molar-refractivity contribution in [2.75, 3.05) is 36.5 Å².